The van der Waals surface area contributed by atoms with Crippen LogP contribution in [0.3, 0.4) is 0 Å². The number of halogens is 1. The molecular weight excluding hydrogens is 404 g/mol. The van der Waals surface area contributed by atoms with E-state index in [1.165, 1.54) is 57.8 Å². The van der Waals surface area contributed by atoms with Crippen molar-refractivity contribution >= 4 is 15.9 Å². The quantitative estimate of drug-likeness (QED) is 0.366. The smallest absolute Gasteiger partial charge is 0.0148 e. The Labute approximate surface area is 184 Å². The number of hydrogen-bond donors (Lipinski definition) is 0. The van der Waals surface area contributed by atoms with Gasteiger partial charge in [-0.05, 0) is 110 Å². The summed E-state index contributed by atoms with van der Waals surface area (Å²) in [6, 6.07) is 0. The molecule has 162 valence electrons. The molecule has 9 atom stereocenters. The monoisotopic (exact) mass is 450 g/mol. The van der Waals surface area contributed by atoms with E-state index in [4.69, 9.17) is 0 Å². The van der Waals surface area contributed by atoms with Crippen molar-refractivity contribution in [2.24, 2.45) is 52.3 Å². The standard InChI is InChI=1S/C27H47Br/c1-18(2)7-6-8-19(3)23-11-12-24-22-10-9-20-17-21(28)13-15-26(20,4)25(22)14-16-27(23,24)5/h18-25H,6-17H2,1-5H3/t19-,20?,21-,22+,23-,24+,25+,26+,27-/m1/s1. The van der Waals surface area contributed by atoms with Crippen molar-refractivity contribution < 1.29 is 0 Å². The number of hydrogen-bond acceptors (Lipinski definition) is 0. The number of rotatable bonds is 5. The van der Waals surface area contributed by atoms with Crippen molar-refractivity contribution in [3.63, 3.8) is 0 Å². The van der Waals surface area contributed by atoms with Gasteiger partial charge >= 0.3 is 0 Å². The molecule has 4 fully saturated rings. The molecule has 0 spiro atoms. The summed E-state index contributed by atoms with van der Waals surface area (Å²) in [7, 11) is 0. The van der Waals surface area contributed by atoms with Crippen LogP contribution in [0.5, 0.6) is 0 Å². The van der Waals surface area contributed by atoms with Crippen molar-refractivity contribution in [2.75, 3.05) is 0 Å². The molecule has 1 heteroatoms. The summed E-state index contributed by atoms with van der Waals surface area (Å²) in [6.07, 6.45) is 18.0. The molecule has 4 saturated carbocycles. The van der Waals surface area contributed by atoms with Gasteiger partial charge in [0.2, 0.25) is 0 Å². The van der Waals surface area contributed by atoms with Crippen LogP contribution in [-0.2, 0) is 0 Å². The maximum absolute atomic E-state index is 3.97. The van der Waals surface area contributed by atoms with Gasteiger partial charge in [-0.15, -0.1) is 0 Å². The zero-order valence-electron chi connectivity index (χ0n) is 19.5. The molecule has 0 amide bonds. The van der Waals surface area contributed by atoms with E-state index >= 15 is 0 Å². The minimum Gasteiger partial charge on any atom is -0.0891 e. The molecular formula is C27H47Br. The van der Waals surface area contributed by atoms with Gasteiger partial charge in [-0.1, -0.05) is 69.8 Å². The van der Waals surface area contributed by atoms with E-state index in [-0.39, 0.29) is 0 Å². The van der Waals surface area contributed by atoms with Crippen LogP contribution in [0, 0.1) is 52.3 Å². The highest BCUT2D eigenvalue weighted by Crippen LogP contribution is 2.68. The molecule has 0 saturated heterocycles. The van der Waals surface area contributed by atoms with Crippen LogP contribution in [0.25, 0.3) is 0 Å². The summed E-state index contributed by atoms with van der Waals surface area (Å²) in [5, 5.41) is 0. The van der Waals surface area contributed by atoms with Crippen molar-refractivity contribution in [2.45, 2.75) is 116 Å². The Kier molecular flexibility index (Phi) is 6.35. The van der Waals surface area contributed by atoms with Gasteiger partial charge in [-0.25, -0.2) is 0 Å². The topological polar surface area (TPSA) is 0 Å². The Bertz CT molecular complexity index is 540. The second kappa shape index (κ2) is 8.20. The zero-order valence-corrected chi connectivity index (χ0v) is 21.1. The van der Waals surface area contributed by atoms with Crippen molar-refractivity contribution in [1.29, 1.82) is 0 Å². The maximum Gasteiger partial charge on any atom is 0.0148 e. The normalized spacial score (nSPS) is 49.4. The highest BCUT2D eigenvalue weighted by Gasteiger charge is 2.60. The fraction of sp³-hybridized carbons (Fsp3) is 1.00. The SMILES string of the molecule is CC(C)CCC[C@@H](C)[C@H]1CC[C@H]2[C@@H]3CCC4C[C@H](Br)CC[C@]4(C)[C@H]3CC[C@]12C. The van der Waals surface area contributed by atoms with Gasteiger partial charge in [0, 0.05) is 4.83 Å². The molecule has 1 unspecified atom stereocenters. The molecule has 0 bridgehead atoms. The van der Waals surface area contributed by atoms with Gasteiger partial charge in [0.05, 0.1) is 0 Å². The third-order valence-corrected chi connectivity index (χ3v) is 11.6. The number of alkyl halides is 1. The van der Waals surface area contributed by atoms with Gasteiger partial charge in [0.1, 0.15) is 0 Å². The van der Waals surface area contributed by atoms with Gasteiger partial charge < -0.3 is 0 Å². The lowest BCUT2D eigenvalue weighted by Crippen LogP contribution is -2.53. The van der Waals surface area contributed by atoms with E-state index in [0.29, 0.717) is 10.8 Å². The highest BCUT2D eigenvalue weighted by molar-refractivity contribution is 9.09. The summed E-state index contributed by atoms with van der Waals surface area (Å²) in [5.41, 5.74) is 1.32. The van der Waals surface area contributed by atoms with Crippen LogP contribution in [0.15, 0.2) is 0 Å². The van der Waals surface area contributed by atoms with E-state index in [0.717, 1.165) is 46.3 Å². The molecule has 0 radical (unpaired) electrons. The average Bonchev–Trinajstić information content (AvgIpc) is 2.99. The minimum atomic E-state index is 0.661. The molecule has 28 heavy (non-hydrogen) atoms. The fourth-order valence-corrected chi connectivity index (χ4v) is 9.91. The number of fused-ring (bicyclic) bond motifs is 5. The first-order valence-electron chi connectivity index (χ1n) is 12.9. The van der Waals surface area contributed by atoms with Crippen LogP contribution < -0.4 is 0 Å². The average molecular weight is 452 g/mol. The van der Waals surface area contributed by atoms with Crippen LogP contribution in [0.1, 0.15) is 112 Å². The second-order valence-electron chi connectivity index (χ2n) is 12.6. The Morgan fingerprint density at radius 1 is 0.821 bits per heavy atom. The lowest BCUT2D eigenvalue weighted by Gasteiger charge is -2.61. The van der Waals surface area contributed by atoms with E-state index in [9.17, 15) is 0 Å². The third kappa shape index (κ3) is 3.67. The van der Waals surface area contributed by atoms with Gasteiger partial charge in [-0.3, -0.25) is 0 Å². The Balaban J connectivity index is 1.46. The lowest BCUT2D eigenvalue weighted by molar-refractivity contribution is -0.113. The van der Waals surface area contributed by atoms with Gasteiger partial charge in [0.25, 0.3) is 0 Å². The van der Waals surface area contributed by atoms with E-state index < -0.39 is 0 Å². The minimum absolute atomic E-state index is 0.661. The molecule has 0 aromatic heterocycles. The molecule has 0 nitrogen and oxygen atoms in total. The first-order chi connectivity index (χ1) is 13.3. The summed E-state index contributed by atoms with van der Waals surface area (Å²) in [4.78, 5) is 0.804. The molecule has 4 aliphatic carbocycles. The molecule has 0 aromatic rings. The maximum atomic E-state index is 3.97. The van der Waals surface area contributed by atoms with E-state index in [1.807, 2.05) is 0 Å². The predicted molar refractivity (Wildman–Crippen MR) is 126 cm³/mol. The Hall–Kier alpha value is 0.480. The Morgan fingerprint density at radius 2 is 1.54 bits per heavy atom. The molecule has 0 aliphatic heterocycles. The van der Waals surface area contributed by atoms with E-state index in [2.05, 4.69) is 50.5 Å². The first kappa shape index (κ1) is 21.7. The third-order valence-electron chi connectivity index (χ3n) is 10.8. The Morgan fingerprint density at radius 3 is 2.29 bits per heavy atom. The van der Waals surface area contributed by atoms with Crippen LogP contribution in [0.4, 0.5) is 0 Å². The molecule has 4 aliphatic rings. The van der Waals surface area contributed by atoms with E-state index in [1.54, 1.807) is 19.3 Å². The predicted octanol–water partition coefficient (Wildman–Crippen LogP) is 8.87. The molecule has 0 N–H and O–H groups in total. The summed E-state index contributed by atoms with van der Waals surface area (Å²) in [5.74, 6) is 6.97. The van der Waals surface area contributed by atoms with Crippen LogP contribution >= 0.6 is 15.9 Å². The van der Waals surface area contributed by atoms with Gasteiger partial charge in [-0.2, -0.15) is 0 Å². The van der Waals surface area contributed by atoms with Gasteiger partial charge in [0.15, 0.2) is 0 Å². The van der Waals surface area contributed by atoms with Crippen molar-refractivity contribution in [3.8, 4) is 0 Å². The largest absolute Gasteiger partial charge is 0.0891 e. The molecule has 0 heterocycles. The lowest BCUT2D eigenvalue weighted by atomic mass is 9.44. The molecule has 0 aromatic carbocycles. The van der Waals surface area contributed by atoms with Crippen LogP contribution in [-0.4, -0.2) is 4.83 Å². The first-order valence-corrected chi connectivity index (χ1v) is 13.8. The van der Waals surface area contributed by atoms with Crippen molar-refractivity contribution in [1.82, 2.24) is 0 Å². The van der Waals surface area contributed by atoms with Crippen LogP contribution in [0.2, 0.25) is 0 Å². The van der Waals surface area contributed by atoms with Crippen molar-refractivity contribution in [3.05, 3.63) is 0 Å². The zero-order chi connectivity index (χ0) is 20.1. The second-order valence-corrected chi connectivity index (χ2v) is 13.9. The molecule has 4 rings (SSSR count). The highest BCUT2D eigenvalue weighted by atomic mass is 79.9. The summed E-state index contributed by atoms with van der Waals surface area (Å²) < 4.78 is 0. The summed E-state index contributed by atoms with van der Waals surface area (Å²) in [6.45, 7) is 12.9. The fourth-order valence-electron chi connectivity index (χ4n) is 9.23. The summed E-state index contributed by atoms with van der Waals surface area (Å²) >= 11 is 3.97.